The first-order valence-electron chi connectivity index (χ1n) is 6.11. The third-order valence-electron chi connectivity index (χ3n) is 2.84. The second-order valence-corrected chi connectivity index (χ2v) is 4.24. The number of hydrogen-bond acceptors (Lipinski definition) is 6. The van der Waals surface area contributed by atoms with E-state index in [9.17, 15) is 0 Å². The highest BCUT2D eigenvalue weighted by Gasteiger charge is 2.21. The molecule has 1 saturated heterocycles. The number of nitrogens with zero attached hydrogens (tertiary/aromatic N) is 3. The Balaban J connectivity index is 1.85. The van der Waals surface area contributed by atoms with Crippen LogP contribution in [0.2, 0.25) is 0 Å². The van der Waals surface area contributed by atoms with E-state index in [1.165, 1.54) is 0 Å². The van der Waals surface area contributed by atoms with Crippen LogP contribution in [-0.2, 0) is 17.7 Å². The van der Waals surface area contributed by atoms with E-state index in [0.29, 0.717) is 5.89 Å². The molecule has 6 nitrogen and oxygen atoms in total. The quantitative estimate of drug-likeness (QED) is 0.785. The molecule has 2 rings (SSSR count). The van der Waals surface area contributed by atoms with Crippen LogP contribution in [-0.4, -0.2) is 54.4 Å². The minimum absolute atomic E-state index is 0.252. The standard InChI is InChI=1S/C11H20N4O2/c1-3-10-13-11(17-14-10)8-15-4-5-16-9(7-15)6-12-2/h9,12H,3-8H2,1-2H3. The average molecular weight is 240 g/mol. The summed E-state index contributed by atoms with van der Waals surface area (Å²) in [6.45, 7) is 6.21. The second-order valence-electron chi connectivity index (χ2n) is 4.24. The molecule has 96 valence electrons. The van der Waals surface area contributed by atoms with E-state index in [-0.39, 0.29) is 6.10 Å². The minimum Gasteiger partial charge on any atom is -0.374 e. The SMILES string of the molecule is CCc1noc(CN2CCOC(CNC)C2)n1. The van der Waals surface area contributed by atoms with Crippen molar-refractivity contribution in [3.63, 3.8) is 0 Å². The normalized spacial score (nSPS) is 21.9. The van der Waals surface area contributed by atoms with Crippen molar-refractivity contribution in [1.29, 1.82) is 0 Å². The first-order valence-corrected chi connectivity index (χ1v) is 6.11. The molecular formula is C11H20N4O2. The Morgan fingerprint density at radius 2 is 2.41 bits per heavy atom. The van der Waals surface area contributed by atoms with E-state index in [4.69, 9.17) is 9.26 Å². The van der Waals surface area contributed by atoms with Crippen molar-refractivity contribution in [1.82, 2.24) is 20.4 Å². The number of rotatable bonds is 5. The highest BCUT2D eigenvalue weighted by atomic mass is 16.5. The van der Waals surface area contributed by atoms with Gasteiger partial charge in [0.05, 0.1) is 19.3 Å². The van der Waals surface area contributed by atoms with Crippen molar-refractivity contribution in [2.24, 2.45) is 0 Å². The Hall–Kier alpha value is -0.980. The van der Waals surface area contributed by atoms with Gasteiger partial charge in [0.25, 0.3) is 0 Å². The van der Waals surface area contributed by atoms with Gasteiger partial charge < -0.3 is 14.6 Å². The van der Waals surface area contributed by atoms with E-state index >= 15 is 0 Å². The summed E-state index contributed by atoms with van der Waals surface area (Å²) in [5.41, 5.74) is 0. The molecule has 1 aromatic heterocycles. The van der Waals surface area contributed by atoms with Gasteiger partial charge in [-0.2, -0.15) is 4.98 Å². The monoisotopic (exact) mass is 240 g/mol. The summed E-state index contributed by atoms with van der Waals surface area (Å²) in [5, 5.41) is 7.03. The van der Waals surface area contributed by atoms with Crippen LogP contribution in [0.15, 0.2) is 4.52 Å². The molecule has 1 aliphatic heterocycles. The van der Waals surface area contributed by atoms with Gasteiger partial charge in [-0.1, -0.05) is 12.1 Å². The lowest BCUT2D eigenvalue weighted by Gasteiger charge is -2.31. The number of nitrogens with one attached hydrogen (secondary N) is 1. The van der Waals surface area contributed by atoms with Crippen molar-refractivity contribution >= 4 is 0 Å². The number of aryl methyl sites for hydroxylation is 1. The molecule has 1 fully saturated rings. The molecule has 1 N–H and O–H groups in total. The molecule has 6 heteroatoms. The van der Waals surface area contributed by atoms with Crippen LogP contribution in [0.1, 0.15) is 18.6 Å². The van der Waals surface area contributed by atoms with Crippen LogP contribution in [0.5, 0.6) is 0 Å². The summed E-state index contributed by atoms with van der Waals surface area (Å²) >= 11 is 0. The molecule has 0 amide bonds. The van der Waals surface area contributed by atoms with Gasteiger partial charge in [0.1, 0.15) is 0 Å². The van der Waals surface area contributed by atoms with E-state index in [1.807, 2.05) is 14.0 Å². The Bertz CT molecular complexity index is 340. The fraction of sp³-hybridized carbons (Fsp3) is 0.818. The first-order chi connectivity index (χ1) is 8.31. The predicted molar refractivity (Wildman–Crippen MR) is 62.6 cm³/mol. The zero-order chi connectivity index (χ0) is 12.1. The number of hydrogen-bond donors (Lipinski definition) is 1. The largest absolute Gasteiger partial charge is 0.374 e. The minimum atomic E-state index is 0.252. The Morgan fingerprint density at radius 3 is 3.12 bits per heavy atom. The van der Waals surface area contributed by atoms with Crippen molar-refractivity contribution in [2.45, 2.75) is 26.0 Å². The van der Waals surface area contributed by atoms with Crippen LogP contribution in [0.25, 0.3) is 0 Å². The van der Waals surface area contributed by atoms with E-state index < -0.39 is 0 Å². The molecule has 1 aliphatic rings. The number of ether oxygens (including phenoxy) is 1. The van der Waals surface area contributed by atoms with E-state index in [0.717, 1.165) is 45.0 Å². The van der Waals surface area contributed by atoms with Gasteiger partial charge in [-0.3, -0.25) is 4.90 Å². The Kier molecular flexibility index (Phi) is 4.47. The van der Waals surface area contributed by atoms with Crippen LogP contribution >= 0.6 is 0 Å². The molecule has 0 spiro atoms. The summed E-state index contributed by atoms with van der Waals surface area (Å²) in [6.07, 6.45) is 1.07. The maximum atomic E-state index is 5.64. The third kappa shape index (κ3) is 3.49. The highest BCUT2D eigenvalue weighted by Crippen LogP contribution is 2.09. The van der Waals surface area contributed by atoms with Gasteiger partial charge in [0.15, 0.2) is 5.82 Å². The van der Waals surface area contributed by atoms with Crippen molar-refractivity contribution in [3.05, 3.63) is 11.7 Å². The van der Waals surface area contributed by atoms with Crippen LogP contribution < -0.4 is 5.32 Å². The summed E-state index contributed by atoms with van der Waals surface area (Å²) in [6, 6.07) is 0. The summed E-state index contributed by atoms with van der Waals surface area (Å²) in [5.74, 6) is 1.48. The average Bonchev–Trinajstić information content (AvgIpc) is 2.78. The van der Waals surface area contributed by atoms with Crippen molar-refractivity contribution in [3.8, 4) is 0 Å². The summed E-state index contributed by atoms with van der Waals surface area (Å²) < 4.78 is 10.8. The fourth-order valence-electron chi connectivity index (χ4n) is 1.96. The van der Waals surface area contributed by atoms with Gasteiger partial charge in [-0.15, -0.1) is 0 Å². The molecule has 0 saturated carbocycles. The molecule has 1 aromatic rings. The zero-order valence-corrected chi connectivity index (χ0v) is 10.5. The molecule has 1 atom stereocenters. The van der Waals surface area contributed by atoms with Crippen molar-refractivity contribution in [2.75, 3.05) is 33.3 Å². The molecule has 0 radical (unpaired) electrons. The third-order valence-corrected chi connectivity index (χ3v) is 2.84. The number of aromatic nitrogens is 2. The topological polar surface area (TPSA) is 63.4 Å². The van der Waals surface area contributed by atoms with Gasteiger partial charge >= 0.3 is 0 Å². The molecule has 0 aliphatic carbocycles. The number of morpholine rings is 1. The van der Waals surface area contributed by atoms with Crippen LogP contribution in [0, 0.1) is 0 Å². The maximum Gasteiger partial charge on any atom is 0.240 e. The highest BCUT2D eigenvalue weighted by molar-refractivity contribution is 4.86. The maximum absolute atomic E-state index is 5.64. The molecular weight excluding hydrogens is 220 g/mol. The van der Waals surface area contributed by atoms with Gasteiger partial charge in [-0.05, 0) is 7.05 Å². The molecule has 0 aromatic carbocycles. The first kappa shape index (κ1) is 12.5. The van der Waals surface area contributed by atoms with Gasteiger partial charge in [0.2, 0.25) is 5.89 Å². The smallest absolute Gasteiger partial charge is 0.240 e. The lowest BCUT2D eigenvalue weighted by atomic mass is 10.2. The van der Waals surface area contributed by atoms with Crippen LogP contribution in [0.3, 0.4) is 0 Å². The fourth-order valence-corrected chi connectivity index (χ4v) is 1.96. The van der Waals surface area contributed by atoms with Crippen molar-refractivity contribution < 1.29 is 9.26 Å². The lowest BCUT2D eigenvalue weighted by molar-refractivity contribution is -0.0318. The zero-order valence-electron chi connectivity index (χ0n) is 10.5. The van der Waals surface area contributed by atoms with E-state index in [2.05, 4.69) is 20.4 Å². The molecule has 1 unspecified atom stereocenters. The predicted octanol–water partition coefficient (Wildman–Crippen LogP) is 0.0522. The van der Waals surface area contributed by atoms with Gasteiger partial charge in [-0.25, -0.2) is 0 Å². The lowest BCUT2D eigenvalue weighted by Crippen LogP contribution is -2.45. The number of likely N-dealkylation sites (N-methyl/N-ethyl adjacent to an activating group) is 1. The summed E-state index contributed by atoms with van der Waals surface area (Å²) in [4.78, 5) is 6.61. The second kappa shape index (κ2) is 6.09. The Labute approximate surface area is 101 Å². The van der Waals surface area contributed by atoms with E-state index in [1.54, 1.807) is 0 Å². The molecule has 2 heterocycles. The summed E-state index contributed by atoms with van der Waals surface area (Å²) in [7, 11) is 1.94. The van der Waals surface area contributed by atoms with Gasteiger partial charge in [0, 0.05) is 26.1 Å². The molecule has 0 bridgehead atoms. The molecule has 17 heavy (non-hydrogen) atoms. The van der Waals surface area contributed by atoms with Crippen LogP contribution in [0.4, 0.5) is 0 Å². The Morgan fingerprint density at radius 1 is 1.53 bits per heavy atom.